The van der Waals surface area contributed by atoms with Crippen LogP contribution in [0.3, 0.4) is 0 Å². The second kappa shape index (κ2) is 11.3. The van der Waals surface area contributed by atoms with Crippen LogP contribution in [-0.2, 0) is 10.2 Å². The number of carbonyl (C=O) groups excluding carboxylic acids is 1. The van der Waals surface area contributed by atoms with Gasteiger partial charge in [0.2, 0.25) is 5.91 Å². The van der Waals surface area contributed by atoms with Gasteiger partial charge in [0.15, 0.2) is 0 Å². The summed E-state index contributed by atoms with van der Waals surface area (Å²) < 4.78 is 12.2. The summed E-state index contributed by atoms with van der Waals surface area (Å²) in [7, 11) is 0. The first kappa shape index (κ1) is 25.2. The summed E-state index contributed by atoms with van der Waals surface area (Å²) in [6.07, 6.45) is 10.2. The Morgan fingerprint density at radius 3 is 2.33 bits per heavy atom. The molecule has 2 heterocycles. The van der Waals surface area contributed by atoms with Crippen LogP contribution < -0.4 is 20.1 Å². The van der Waals surface area contributed by atoms with Crippen molar-refractivity contribution in [2.24, 2.45) is 0 Å². The molecule has 0 radical (unpaired) electrons. The van der Waals surface area contributed by atoms with E-state index in [0.717, 1.165) is 72.6 Å². The average molecular weight is 523 g/mol. The maximum atomic E-state index is 13.8. The van der Waals surface area contributed by atoms with Crippen LogP contribution in [0.5, 0.6) is 17.2 Å². The number of rotatable bonds is 8. The molecule has 4 aromatic rings. The summed E-state index contributed by atoms with van der Waals surface area (Å²) in [6, 6.07) is 23.6. The highest BCUT2D eigenvalue weighted by molar-refractivity contribution is 5.99. The normalized spacial score (nSPS) is 17.0. The number of amides is 1. The smallest absolute Gasteiger partial charge is 0.235 e. The number of carbonyl (C=O) groups is 1. The molecule has 1 saturated heterocycles. The number of anilines is 1. The number of hydrogen-bond donors (Lipinski definition) is 3. The Hall–Kier alpha value is -4.10. The summed E-state index contributed by atoms with van der Waals surface area (Å²) in [5.41, 5.74) is 3.30. The minimum atomic E-state index is -0.588. The fraction of sp³-hybridized carbons (Fsp3) is 0.312. The minimum Gasteiger partial charge on any atom is -0.490 e. The van der Waals surface area contributed by atoms with Gasteiger partial charge in [0.25, 0.3) is 0 Å². The molecular weight excluding hydrogens is 488 g/mol. The number of nitrogens with one attached hydrogen (secondary N) is 3. The van der Waals surface area contributed by atoms with Crippen LogP contribution in [0.15, 0.2) is 85.2 Å². The molecule has 200 valence electrons. The number of piperidine rings is 1. The Balaban J connectivity index is 1.13. The Labute approximate surface area is 228 Å². The van der Waals surface area contributed by atoms with Gasteiger partial charge in [0.05, 0.1) is 17.7 Å². The van der Waals surface area contributed by atoms with Crippen molar-refractivity contribution in [1.29, 1.82) is 0 Å². The molecule has 7 nitrogen and oxygen atoms in total. The monoisotopic (exact) mass is 522 g/mol. The third-order valence-electron chi connectivity index (χ3n) is 7.92. The van der Waals surface area contributed by atoms with E-state index in [0.29, 0.717) is 11.9 Å². The maximum absolute atomic E-state index is 13.8. The van der Waals surface area contributed by atoms with Crippen LogP contribution in [0, 0.1) is 0 Å². The van der Waals surface area contributed by atoms with Gasteiger partial charge in [0.1, 0.15) is 17.2 Å². The summed E-state index contributed by atoms with van der Waals surface area (Å²) in [4.78, 5) is 13.8. The highest BCUT2D eigenvalue weighted by Gasteiger charge is 2.41. The van der Waals surface area contributed by atoms with Crippen molar-refractivity contribution >= 4 is 11.6 Å². The van der Waals surface area contributed by atoms with Gasteiger partial charge in [0, 0.05) is 23.5 Å². The summed E-state index contributed by atoms with van der Waals surface area (Å²) >= 11 is 0. The van der Waals surface area contributed by atoms with E-state index in [9.17, 15) is 4.79 Å². The number of aromatic amines is 1. The second-order valence-corrected chi connectivity index (χ2v) is 10.5. The molecule has 0 spiro atoms. The van der Waals surface area contributed by atoms with Gasteiger partial charge in [-0.3, -0.25) is 9.89 Å². The molecular formula is C32H34N4O3. The van der Waals surface area contributed by atoms with Crippen molar-refractivity contribution in [2.75, 3.05) is 18.4 Å². The molecule has 6 rings (SSSR count). The lowest BCUT2D eigenvalue weighted by Crippen LogP contribution is -2.48. The van der Waals surface area contributed by atoms with Crippen LogP contribution in [0.2, 0.25) is 0 Å². The molecule has 1 aromatic heterocycles. The minimum absolute atomic E-state index is 0.0190. The molecule has 0 atom stereocenters. The van der Waals surface area contributed by atoms with Crippen molar-refractivity contribution in [1.82, 2.24) is 15.5 Å². The standard InChI is InChI=1S/C32H34N4O3/c37-31(32(16-18-33-19-17-32)25-10-8-23(9-11-25)24-21-34-35-22-24)36-26-12-14-28(15-13-26)39-30-7-3-6-29(20-30)38-27-4-1-2-5-27/h3,6-15,20-22,27,33H,1-2,4-5,16-19H2,(H,34,35)(H,36,37). The maximum Gasteiger partial charge on any atom is 0.235 e. The predicted molar refractivity (Wildman–Crippen MR) is 152 cm³/mol. The Kier molecular flexibility index (Phi) is 7.32. The molecule has 39 heavy (non-hydrogen) atoms. The molecule has 0 unspecified atom stereocenters. The lowest BCUT2D eigenvalue weighted by molar-refractivity contribution is -0.122. The SMILES string of the molecule is O=C(Nc1ccc(Oc2cccc(OC3CCCC3)c2)cc1)C1(c2ccc(-c3cn[nH]c3)cc2)CCNCC1. The first-order valence-corrected chi connectivity index (χ1v) is 13.8. The number of ether oxygens (including phenoxy) is 2. The lowest BCUT2D eigenvalue weighted by Gasteiger charge is -2.37. The molecule has 1 aliphatic carbocycles. The summed E-state index contributed by atoms with van der Waals surface area (Å²) in [5.74, 6) is 2.30. The number of aromatic nitrogens is 2. The molecule has 1 amide bonds. The topological polar surface area (TPSA) is 88.3 Å². The highest BCUT2D eigenvalue weighted by atomic mass is 16.5. The van der Waals surface area contributed by atoms with Crippen molar-refractivity contribution in [2.45, 2.75) is 50.0 Å². The van der Waals surface area contributed by atoms with Crippen molar-refractivity contribution in [3.63, 3.8) is 0 Å². The number of benzene rings is 3. The molecule has 3 aromatic carbocycles. The fourth-order valence-corrected chi connectivity index (χ4v) is 5.69. The van der Waals surface area contributed by atoms with E-state index in [2.05, 4.69) is 45.1 Å². The van der Waals surface area contributed by atoms with Gasteiger partial charge in [-0.2, -0.15) is 5.10 Å². The first-order valence-electron chi connectivity index (χ1n) is 13.8. The molecule has 1 aliphatic heterocycles. The van der Waals surface area contributed by atoms with Crippen LogP contribution in [0.4, 0.5) is 5.69 Å². The Morgan fingerprint density at radius 2 is 1.62 bits per heavy atom. The Morgan fingerprint density at radius 1 is 0.872 bits per heavy atom. The molecule has 2 fully saturated rings. The second-order valence-electron chi connectivity index (χ2n) is 10.5. The van der Waals surface area contributed by atoms with Gasteiger partial charge in [-0.15, -0.1) is 0 Å². The van der Waals surface area contributed by atoms with Gasteiger partial charge >= 0.3 is 0 Å². The summed E-state index contributed by atoms with van der Waals surface area (Å²) in [5, 5.41) is 13.5. The number of H-pyrrole nitrogens is 1. The van der Waals surface area contributed by atoms with Crippen molar-refractivity contribution in [3.05, 3.63) is 90.8 Å². The predicted octanol–water partition coefficient (Wildman–Crippen LogP) is 6.45. The van der Waals surface area contributed by atoms with E-state index in [-0.39, 0.29) is 5.91 Å². The van der Waals surface area contributed by atoms with E-state index in [4.69, 9.17) is 9.47 Å². The molecule has 1 saturated carbocycles. The quantitative estimate of drug-likeness (QED) is 0.248. The van der Waals surface area contributed by atoms with E-state index in [1.54, 1.807) is 6.20 Å². The highest BCUT2D eigenvalue weighted by Crippen LogP contribution is 2.36. The van der Waals surface area contributed by atoms with Crippen molar-refractivity contribution < 1.29 is 14.3 Å². The van der Waals surface area contributed by atoms with Crippen LogP contribution in [0.25, 0.3) is 11.1 Å². The van der Waals surface area contributed by atoms with Crippen LogP contribution >= 0.6 is 0 Å². The first-order chi connectivity index (χ1) is 19.2. The van der Waals surface area contributed by atoms with E-state index < -0.39 is 5.41 Å². The fourth-order valence-electron chi connectivity index (χ4n) is 5.69. The lowest BCUT2D eigenvalue weighted by atomic mass is 9.72. The summed E-state index contributed by atoms with van der Waals surface area (Å²) in [6.45, 7) is 1.60. The zero-order valence-electron chi connectivity index (χ0n) is 22.0. The third-order valence-corrected chi connectivity index (χ3v) is 7.92. The van der Waals surface area contributed by atoms with E-state index >= 15 is 0 Å². The number of hydrogen-bond acceptors (Lipinski definition) is 5. The largest absolute Gasteiger partial charge is 0.490 e. The van der Waals surface area contributed by atoms with Gasteiger partial charge in [-0.25, -0.2) is 0 Å². The van der Waals surface area contributed by atoms with Gasteiger partial charge in [-0.05, 0) is 99.1 Å². The number of nitrogens with zero attached hydrogens (tertiary/aromatic N) is 1. The van der Waals surface area contributed by atoms with Crippen molar-refractivity contribution in [3.8, 4) is 28.4 Å². The molecule has 3 N–H and O–H groups in total. The van der Waals surface area contributed by atoms with E-state index in [1.807, 2.05) is 54.7 Å². The molecule has 0 bridgehead atoms. The average Bonchev–Trinajstić information content (AvgIpc) is 3.70. The third kappa shape index (κ3) is 5.68. The van der Waals surface area contributed by atoms with Crippen LogP contribution in [0.1, 0.15) is 44.1 Å². The molecule has 2 aliphatic rings. The zero-order valence-corrected chi connectivity index (χ0v) is 22.0. The van der Waals surface area contributed by atoms with Gasteiger partial charge < -0.3 is 20.1 Å². The zero-order chi connectivity index (χ0) is 26.5. The van der Waals surface area contributed by atoms with E-state index in [1.165, 1.54) is 12.8 Å². The Bertz CT molecular complexity index is 1370. The van der Waals surface area contributed by atoms with Gasteiger partial charge in [-0.1, -0.05) is 30.3 Å². The van der Waals surface area contributed by atoms with Crippen LogP contribution in [-0.4, -0.2) is 35.3 Å². The molecule has 7 heteroatoms.